The predicted octanol–water partition coefficient (Wildman–Crippen LogP) is 2.09. The van der Waals surface area contributed by atoms with Crippen LogP contribution in [-0.2, 0) is 4.74 Å². The van der Waals surface area contributed by atoms with Gasteiger partial charge in [-0.05, 0) is 6.42 Å². The number of epoxide rings is 1. The fourth-order valence-corrected chi connectivity index (χ4v) is 1.74. The van der Waals surface area contributed by atoms with Crippen LogP contribution in [0.1, 0.15) is 58.3 Å². The first kappa shape index (κ1) is 11.0. The number of hydrogen-bond donors (Lipinski definition) is 1. The lowest BCUT2D eigenvalue weighted by Gasteiger charge is -1.98. The van der Waals surface area contributed by atoms with E-state index in [9.17, 15) is 0 Å². The van der Waals surface area contributed by atoms with Gasteiger partial charge in [0.1, 0.15) is 6.10 Å². The lowest BCUT2D eigenvalue weighted by molar-refractivity contribution is -0.412. The molecule has 0 spiro atoms. The number of unbranched alkanes of at least 4 members (excludes halogenated alkanes) is 6. The molecule has 0 aliphatic carbocycles. The second kappa shape index (κ2) is 6.39. The fourth-order valence-electron chi connectivity index (χ4n) is 1.74. The molecule has 1 fully saturated rings. The van der Waals surface area contributed by atoms with Crippen LogP contribution in [0.4, 0.5) is 0 Å². The molecular weight excluding hydrogens is 162 g/mol. The van der Waals surface area contributed by atoms with Crippen LogP contribution in [0.15, 0.2) is 0 Å². The zero-order chi connectivity index (χ0) is 9.52. The van der Waals surface area contributed by atoms with E-state index in [1.807, 2.05) is 0 Å². The number of ether oxygens (including phenoxy) is 1. The summed E-state index contributed by atoms with van der Waals surface area (Å²) in [4.78, 5) is 0. The van der Waals surface area contributed by atoms with Gasteiger partial charge in [-0.15, -0.1) is 0 Å². The van der Waals surface area contributed by atoms with Crippen molar-refractivity contribution in [2.24, 2.45) is 0 Å². The fraction of sp³-hybridized carbons (Fsp3) is 1.00. The summed E-state index contributed by atoms with van der Waals surface area (Å²) >= 11 is 0. The summed E-state index contributed by atoms with van der Waals surface area (Å²) in [5.41, 5.74) is 3.85. The van der Waals surface area contributed by atoms with E-state index in [2.05, 4.69) is 12.7 Å². The number of rotatable bonds is 8. The molecule has 1 aliphatic rings. The van der Waals surface area contributed by atoms with Crippen LogP contribution < -0.4 is 5.73 Å². The van der Waals surface area contributed by atoms with Gasteiger partial charge >= 0.3 is 0 Å². The molecule has 0 aromatic carbocycles. The van der Waals surface area contributed by atoms with Gasteiger partial charge in [-0.25, -0.2) is 0 Å². The topological polar surface area (TPSA) is 40.2 Å². The highest BCUT2D eigenvalue weighted by Crippen LogP contribution is 2.21. The van der Waals surface area contributed by atoms with Gasteiger partial charge in [-0.3, -0.25) is 0 Å². The Balaban J connectivity index is 1.69. The van der Waals surface area contributed by atoms with Crippen LogP contribution in [0, 0.1) is 0 Å². The first-order valence-corrected chi connectivity index (χ1v) is 5.83. The van der Waals surface area contributed by atoms with Crippen molar-refractivity contribution in [3.8, 4) is 0 Å². The molecule has 1 aliphatic heterocycles. The maximum absolute atomic E-state index is 5.25. The minimum atomic E-state index is 0.320. The molecule has 1 rings (SSSR count). The molecule has 0 bridgehead atoms. The number of hydrogen-bond acceptors (Lipinski definition) is 1. The second-order valence-corrected chi connectivity index (χ2v) is 4.12. The van der Waals surface area contributed by atoms with E-state index in [-0.39, 0.29) is 0 Å². The molecule has 1 saturated heterocycles. The molecule has 0 amide bonds. The van der Waals surface area contributed by atoms with Crippen molar-refractivity contribution in [2.75, 3.05) is 0 Å². The summed E-state index contributed by atoms with van der Waals surface area (Å²) in [7, 11) is 0. The standard InChI is InChI=1S/C11H23NO/c1-2-3-4-5-6-7-8-9-10-11(12)13-10/h10-11H,2-9,12H2,1H3/p+1. The van der Waals surface area contributed by atoms with Gasteiger partial charge in [0.25, 0.3) is 0 Å². The van der Waals surface area contributed by atoms with Crippen molar-refractivity contribution < 1.29 is 10.5 Å². The summed E-state index contributed by atoms with van der Waals surface area (Å²) in [6, 6.07) is 0. The smallest absolute Gasteiger partial charge is 0.216 e. The zero-order valence-corrected chi connectivity index (χ0v) is 8.93. The lowest BCUT2D eigenvalue weighted by Crippen LogP contribution is -2.54. The molecule has 2 atom stereocenters. The van der Waals surface area contributed by atoms with Crippen molar-refractivity contribution >= 4 is 0 Å². The molecule has 2 unspecified atom stereocenters. The Bertz CT molecular complexity index is 127. The van der Waals surface area contributed by atoms with Crippen LogP contribution >= 0.6 is 0 Å². The lowest BCUT2D eigenvalue weighted by atomic mass is 10.1. The molecule has 1 heterocycles. The maximum atomic E-state index is 5.25. The van der Waals surface area contributed by atoms with Crippen molar-refractivity contribution in [2.45, 2.75) is 70.6 Å². The zero-order valence-electron chi connectivity index (χ0n) is 8.93. The summed E-state index contributed by atoms with van der Waals surface area (Å²) in [6.07, 6.45) is 11.8. The molecule has 78 valence electrons. The van der Waals surface area contributed by atoms with Gasteiger partial charge in [0.15, 0.2) is 0 Å². The van der Waals surface area contributed by atoms with E-state index in [4.69, 9.17) is 4.74 Å². The van der Waals surface area contributed by atoms with E-state index >= 15 is 0 Å². The highest BCUT2D eigenvalue weighted by molar-refractivity contribution is 4.72. The molecule has 2 heteroatoms. The molecule has 13 heavy (non-hydrogen) atoms. The highest BCUT2D eigenvalue weighted by Gasteiger charge is 2.38. The first-order valence-electron chi connectivity index (χ1n) is 5.83. The Kier molecular flexibility index (Phi) is 5.40. The summed E-state index contributed by atoms with van der Waals surface area (Å²) < 4.78 is 5.25. The first-order chi connectivity index (χ1) is 6.34. The normalized spacial score (nSPS) is 26.3. The Morgan fingerprint density at radius 1 is 1.00 bits per heavy atom. The third-order valence-electron chi connectivity index (χ3n) is 2.78. The molecule has 0 saturated carbocycles. The summed E-state index contributed by atoms with van der Waals surface area (Å²) in [5, 5.41) is 0. The van der Waals surface area contributed by atoms with Gasteiger partial charge in [0, 0.05) is 0 Å². The summed E-state index contributed by atoms with van der Waals surface area (Å²) in [5.74, 6) is 0. The Hall–Kier alpha value is -0.0800. The van der Waals surface area contributed by atoms with E-state index < -0.39 is 0 Å². The van der Waals surface area contributed by atoms with Crippen LogP contribution in [0.25, 0.3) is 0 Å². The van der Waals surface area contributed by atoms with Crippen molar-refractivity contribution in [1.29, 1.82) is 0 Å². The molecule has 0 aromatic heterocycles. The van der Waals surface area contributed by atoms with Crippen molar-refractivity contribution in [1.82, 2.24) is 0 Å². The van der Waals surface area contributed by atoms with Gasteiger partial charge in [0.2, 0.25) is 6.23 Å². The average molecular weight is 186 g/mol. The van der Waals surface area contributed by atoms with Crippen LogP contribution in [0.3, 0.4) is 0 Å². The largest absolute Gasteiger partial charge is 0.330 e. The Morgan fingerprint density at radius 2 is 1.54 bits per heavy atom. The van der Waals surface area contributed by atoms with Crippen LogP contribution in [-0.4, -0.2) is 12.3 Å². The Morgan fingerprint density at radius 3 is 2.08 bits per heavy atom. The van der Waals surface area contributed by atoms with E-state index in [0.29, 0.717) is 12.3 Å². The molecule has 0 aromatic rings. The number of quaternary nitrogens is 1. The molecule has 0 radical (unpaired) electrons. The Labute approximate surface area is 81.8 Å². The van der Waals surface area contributed by atoms with Gasteiger partial charge < -0.3 is 10.5 Å². The van der Waals surface area contributed by atoms with Crippen LogP contribution in [0.2, 0.25) is 0 Å². The van der Waals surface area contributed by atoms with Crippen molar-refractivity contribution in [3.63, 3.8) is 0 Å². The van der Waals surface area contributed by atoms with Gasteiger partial charge in [0.05, 0.1) is 0 Å². The summed E-state index contributed by atoms with van der Waals surface area (Å²) in [6.45, 7) is 2.26. The van der Waals surface area contributed by atoms with Crippen molar-refractivity contribution in [3.05, 3.63) is 0 Å². The minimum absolute atomic E-state index is 0.320. The third-order valence-corrected chi connectivity index (χ3v) is 2.78. The SMILES string of the molecule is CCCCCCCCCC1OC1[NH3+]. The predicted molar refractivity (Wildman–Crippen MR) is 54.2 cm³/mol. The average Bonchev–Trinajstić information content (AvgIpc) is 2.81. The quantitative estimate of drug-likeness (QED) is 0.457. The molecule has 3 N–H and O–H groups in total. The van der Waals surface area contributed by atoms with Gasteiger partial charge in [-0.1, -0.05) is 51.9 Å². The van der Waals surface area contributed by atoms with E-state index in [0.717, 1.165) is 0 Å². The minimum Gasteiger partial charge on any atom is -0.330 e. The second-order valence-electron chi connectivity index (χ2n) is 4.12. The molecule has 2 nitrogen and oxygen atoms in total. The maximum Gasteiger partial charge on any atom is 0.216 e. The third kappa shape index (κ3) is 5.27. The van der Waals surface area contributed by atoms with E-state index in [1.165, 1.54) is 51.4 Å². The van der Waals surface area contributed by atoms with Crippen LogP contribution in [0.5, 0.6) is 0 Å². The highest BCUT2D eigenvalue weighted by atomic mass is 16.6. The van der Waals surface area contributed by atoms with E-state index in [1.54, 1.807) is 0 Å². The monoisotopic (exact) mass is 186 g/mol. The molecular formula is C11H24NO+. The van der Waals surface area contributed by atoms with Gasteiger partial charge in [-0.2, -0.15) is 0 Å².